The largest absolute Gasteiger partial charge is 0.350 e. The van der Waals surface area contributed by atoms with Crippen LogP contribution in [0, 0.1) is 5.82 Å². The molecule has 100 valence electrons. The molecule has 1 aromatic heterocycles. The lowest BCUT2D eigenvalue weighted by molar-refractivity contribution is 0.602. The molecular formula is C14H13Cl2FN2. The van der Waals surface area contributed by atoms with Crippen LogP contribution in [-0.4, -0.2) is 12.0 Å². The summed E-state index contributed by atoms with van der Waals surface area (Å²) in [6, 6.07) is 8.68. The molecule has 0 radical (unpaired) electrons. The van der Waals surface area contributed by atoms with Gasteiger partial charge in [-0.3, -0.25) is 0 Å². The molecule has 2 aromatic rings. The van der Waals surface area contributed by atoms with Gasteiger partial charge in [-0.05, 0) is 30.7 Å². The Bertz CT molecular complexity index is 589. The van der Waals surface area contributed by atoms with Crippen molar-refractivity contribution in [1.29, 1.82) is 0 Å². The molecule has 2 rings (SSSR count). The van der Waals surface area contributed by atoms with Gasteiger partial charge in [0, 0.05) is 18.3 Å². The SMILES string of the molecule is CC(c1cccc(Cl)c1)N(C)c1ncc(Cl)cc1F. The minimum Gasteiger partial charge on any atom is -0.350 e. The predicted molar refractivity (Wildman–Crippen MR) is 77.5 cm³/mol. The Kier molecular flexibility index (Phi) is 4.27. The van der Waals surface area contributed by atoms with Crippen molar-refractivity contribution >= 4 is 29.0 Å². The van der Waals surface area contributed by atoms with Gasteiger partial charge in [-0.25, -0.2) is 9.37 Å². The third kappa shape index (κ3) is 3.17. The van der Waals surface area contributed by atoms with E-state index >= 15 is 0 Å². The summed E-state index contributed by atoms with van der Waals surface area (Å²) in [7, 11) is 1.78. The second-order valence-electron chi connectivity index (χ2n) is 4.30. The maximum Gasteiger partial charge on any atom is 0.167 e. The van der Waals surface area contributed by atoms with Crippen LogP contribution in [0.25, 0.3) is 0 Å². The summed E-state index contributed by atoms with van der Waals surface area (Å²) in [4.78, 5) is 5.78. The quantitative estimate of drug-likeness (QED) is 0.815. The van der Waals surface area contributed by atoms with Crippen molar-refractivity contribution in [2.45, 2.75) is 13.0 Å². The number of hydrogen-bond acceptors (Lipinski definition) is 2. The van der Waals surface area contributed by atoms with Gasteiger partial charge in [0.15, 0.2) is 11.6 Å². The van der Waals surface area contributed by atoms with E-state index in [0.29, 0.717) is 5.02 Å². The average molecular weight is 299 g/mol. The van der Waals surface area contributed by atoms with Gasteiger partial charge in [-0.1, -0.05) is 35.3 Å². The number of aromatic nitrogens is 1. The van der Waals surface area contributed by atoms with Crippen molar-refractivity contribution < 1.29 is 4.39 Å². The first kappa shape index (κ1) is 14.1. The summed E-state index contributed by atoms with van der Waals surface area (Å²) in [5.41, 5.74) is 0.992. The molecule has 0 amide bonds. The van der Waals surface area contributed by atoms with E-state index in [4.69, 9.17) is 23.2 Å². The Morgan fingerprint density at radius 1 is 1.21 bits per heavy atom. The molecule has 2 nitrogen and oxygen atoms in total. The molecule has 0 bridgehead atoms. The van der Waals surface area contributed by atoms with Crippen LogP contribution >= 0.6 is 23.2 Å². The number of rotatable bonds is 3. The van der Waals surface area contributed by atoms with Crippen molar-refractivity contribution in [2.75, 3.05) is 11.9 Å². The second kappa shape index (κ2) is 5.76. The topological polar surface area (TPSA) is 16.1 Å². The lowest BCUT2D eigenvalue weighted by atomic mass is 10.1. The maximum absolute atomic E-state index is 13.8. The number of hydrogen-bond donors (Lipinski definition) is 0. The van der Waals surface area contributed by atoms with Crippen molar-refractivity contribution in [3.05, 3.63) is 58.0 Å². The van der Waals surface area contributed by atoms with Gasteiger partial charge in [0.05, 0.1) is 11.1 Å². The summed E-state index contributed by atoms with van der Waals surface area (Å²) in [5, 5.41) is 0.937. The Morgan fingerprint density at radius 2 is 1.95 bits per heavy atom. The number of halogens is 3. The summed E-state index contributed by atoms with van der Waals surface area (Å²) >= 11 is 11.7. The van der Waals surface area contributed by atoms with Gasteiger partial charge < -0.3 is 4.90 Å². The monoisotopic (exact) mass is 298 g/mol. The lowest BCUT2D eigenvalue weighted by Crippen LogP contribution is -2.23. The van der Waals surface area contributed by atoms with Gasteiger partial charge >= 0.3 is 0 Å². The molecule has 0 saturated heterocycles. The molecular weight excluding hydrogens is 286 g/mol. The molecule has 1 heterocycles. The molecule has 0 aliphatic heterocycles. The zero-order valence-electron chi connectivity index (χ0n) is 10.6. The molecule has 0 aliphatic carbocycles. The highest BCUT2D eigenvalue weighted by molar-refractivity contribution is 6.30. The number of benzene rings is 1. The van der Waals surface area contributed by atoms with Crippen LogP contribution in [0.5, 0.6) is 0 Å². The van der Waals surface area contributed by atoms with Crippen LogP contribution in [0.15, 0.2) is 36.5 Å². The van der Waals surface area contributed by atoms with Crippen LogP contribution in [0.1, 0.15) is 18.5 Å². The third-order valence-corrected chi connectivity index (χ3v) is 3.48. The molecule has 19 heavy (non-hydrogen) atoms. The Morgan fingerprint density at radius 3 is 2.58 bits per heavy atom. The average Bonchev–Trinajstić information content (AvgIpc) is 2.37. The van der Waals surface area contributed by atoms with Gasteiger partial charge in [-0.15, -0.1) is 0 Å². The molecule has 1 aromatic carbocycles. The first-order chi connectivity index (χ1) is 8.99. The fourth-order valence-electron chi connectivity index (χ4n) is 1.84. The molecule has 5 heteroatoms. The Labute approximate surface area is 121 Å². The van der Waals surface area contributed by atoms with E-state index in [1.807, 2.05) is 25.1 Å². The van der Waals surface area contributed by atoms with E-state index in [1.165, 1.54) is 12.3 Å². The minimum atomic E-state index is -0.441. The van der Waals surface area contributed by atoms with Gasteiger partial charge in [-0.2, -0.15) is 0 Å². The summed E-state index contributed by atoms with van der Waals surface area (Å²) in [5.74, 6) is -0.180. The van der Waals surface area contributed by atoms with E-state index in [1.54, 1.807) is 18.0 Å². The molecule has 0 N–H and O–H groups in total. The molecule has 0 saturated carbocycles. The van der Waals surface area contributed by atoms with Gasteiger partial charge in [0.1, 0.15) is 0 Å². The normalized spacial score (nSPS) is 12.3. The van der Waals surface area contributed by atoms with Crippen LogP contribution in [0.2, 0.25) is 10.0 Å². The van der Waals surface area contributed by atoms with E-state index < -0.39 is 5.82 Å². The first-order valence-corrected chi connectivity index (χ1v) is 6.54. The fraction of sp³-hybridized carbons (Fsp3) is 0.214. The second-order valence-corrected chi connectivity index (χ2v) is 5.17. The van der Waals surface area contributed by atoms with E-state index in [-0.39, 0.29) is 16.9 Å². The Balaban J connectivity index is 2.30. The predicted octanol–water partition coefficient (Wildman–Crippen LogP) is 4.72. The summed E-state index contributed by atoms with van der Waals surface area (Å²) < 4.78 is 13.8. The van der Waals surface area contributed by atoms with E-state index in [0.717, 1.165) is 5.56 Å². The smallest absolute Gasteiger partial charge is 0.167 e. The van der Waals surface area contributed by atoms with Gasteiger partial charge in [0.2, 0.25) is 0 Å². The van der Waals surface area contributed by atoms with Crippen molar-refractivity contribution in [3.63, 3.8) is 0 Å². The lowest BCUT2D eigenvalue weighted by Gasteiger charge is -2.26. The number of nitrogens with zero attached hydrogens (tertiary/aromatic N) is 2. The van der Waals surface area contributed by atoms with Gasteiger partial charge in [0.25, 0.3) is 0 Å². The molecule has 1 unspecified atom stereocenters. The minimum absolute atomic E-state index is 0.0538. The molecule has 0 spiro atoms. The van der Waals surface area contributed by atoms with E-state index in [2.05, 4.69) is 4.98 Å². The van der Waals surface area contributed by atoms with Crippen molar-refractivity contribution in [2.24, 2.45) is 0 Å². The van der Waals surface area contributed by atoms with Crippen LogP contribution in [0.4, 0.5) is 10.2 Å². The molecule has 1 atom stereocenters. The van der Waals surface area contributed by atoms with Crippen LogP contribution in [0.3, 0.4) is 0 Å². The van der Waals surface area contributed by atoms with Crippen LogP contribution < -0.4 is 4.90 Å². The van der Waals surface area contributed by atoms with Crippen LogP contribution in [-0.2, 0) is 0 Å². The Hall–Kier alpha value is -1.32. The zero-order valence-corrected chi connectivity index (χ0v) is 12.1. The molecule has 0 fully saturated rings. The summed E-state index contributed by atoms with van der Waals surface area (Å²) in [6.07, 6.45) is 1.43. The van der Waals surface area contributed by atoms with E-state index in [9.17, 15) is 4.39 Å². The third-order valence-electron chi connectivity index (χ3n) is 3.03. The first-order valence-electron chi connectivity index (χ1n) is 5.78. The number of pyridine rings is 1. The highest BCUT2D eigenvalue weighted by Gasteiger charge is 2.17. The zero-order chi connectivity index (χ0) is 14.0. The number of anilines is 1. The highest BCUT2D eigenvalue weighted by Crippen LogP contribution is 2.28. The highest BCUT2D eigenvalue weighted by atomic mass is 35.5. The van der Waals surface area contributed by atoms with Crippen molar-refractivity contribution in [1.82, 2.24) is 4.98 Å². The maximum atomic E-state index is 13.8. The fourth-order valence-corrected chi connectivity index (χ4v) is 2.18. The standard InChI is InChI=1S/C14H13Cl2FN2/c1-9(10-4-3-5-11(15)6-10)19(2)14-13(17)7-12(16)8-18-14/h3-9H,1-2H3. The molecule has 0 aliphatic rings. The van der Waals surface area contributed by atoms with Crippen molar-refractivity contribution in [3.8, 4) is 0 Å². The summed E-state index contributed by atoms with van der Waals surface area (Å²) in [6.45, 7) is 1.96.